The van der Waals surface area contributed by atoms with Gasteiger partial charge in [-0.1, -0.05) is 36.4 Å². The molecule has 0 aliphatic carbocycles. The lowest BCUT2D eigenvalue weighted by molar-refractivity contribution is -0.127. The number of carbonyl (C=O) groups is 1. The van der Waals surface area contributed by atoms with Gasteiger partial charge >= 0.3 is 0 Å². The number of nitrogens with zero attached hydrogens (tertiary/aromatic N) is 4. The third-order valence-electron chi connectivity index (χ3n) is 4.94. The number of ether oxygens (including phenoxy) is 1. The molecule has 9 heteroatoms. The Morgan fingerprint density at radius 3 is 2.42 bits per heavy atom. The van der Waals surface area contributed by atoms with Crippen molar-refractivity contribution in [2.24, 2.45) is 4.99 Å². The van der Waals surface area contributed by atoms with Crippen LogP contribution in [0.15, 0.2) is 72.0 Å². The van der Waals surface area contributed by atoms with Gasteiger partial charge in [0.15, 0.2) is 5.96 Å². The van der Waals surface area contributed by atoms with Crippen molar-refractivity contribution in [2.75, 3.05) is 27.7 Å². The number of methoxy groups -OCH3 is 1. The monoisotopic (exact) mass is 562 g/mol. The SMILES string of the molecule is COc1ccc(CN=C(NCC(=O)N(C)C)NCc2ccccc2Cn2cccn2)cc1.I. The second-order valence-electron chi connectivity index (χ2n) is 7.48. The minimum atomic E-state index is -0.0250. The van der Waals surface area contributed by atoms with Crippen LogP contribution in [0.1, 0.15) is 16.7 Å². The fourth-order valence-corrected chi connectivity index (χ4v) is 3.02. The van der Waals surface area contributed by atoms with E-state index in [2.05, 4.69) is 32.9 Å². The average Bonchev–Trinajstić information content (AvgIpc) is 3.32. The third kappa shape index (κ3) is 8.41. The van der Waals surface area contributed by atoms with Crippen molar-refractivity contribution in [3.63, 3.8) is 0 Å². The summed E-state index contributed by atoms with van der Waals surface area (Å²) in [6.45, 7) is 1.90. The maximum atomic E-state index is 12.1. The Morgan fingerprint density at radius 1 is 1.06 bits per heavy atom. The number of aliphatic imine (C=N–C) groups is 1. The molecule has 0 radical (unpaired) electrons. The van der Waals surface area contributed by atoms with Gasteiger partial charge in [-0.3, -0.25) is 9.48 Å². The molecule has 33 heavy (non-hydrogen) atoms. The summed E-state index contributed by atoms with van der Waals surface area (Å²) in [4.78, 5) is 18.3. The summed E-state index contributed by atoms with van der Waals surface area (Å²) in [6, 6.07) is 17.9. The number of guanidine groups is 1. The van der Waals surface area contributed by atoms with Crippen LogP contribution >= 0.6 is 24.0 Å². The average molecular weight is 562 g/mol. The van der Waals surface area contributed by atoms with Crippen LogP contribution in [0.5, 0.6) is 5.75 Å². The first kappa shape index (κ1) is 26.2. The van der Waals surface area contributed by atoms with Crippen molar-refractivity contribution in [3.8, 4) is 5.75 Å². The molecular weight excluding hydrogens is 531 g/mol. The molecule has 0 aliphatic heterocycles. The number of likely N-dealkylation sites (N-methyl/N-ethyl adjacent to an activating group) is 1. The van der Waals surface area contributed by atoms with Gasteiger partial charge in [-0.15, -0.1) is 24.0 Å². The van der Waals surface area contributed by atoms with E-state index in [4.69, 9.17) is 4.74 Å². The molecule has 1 aromatic heterocycles. The van der Waals surface area contributed by atoms with E-state index in [0.717, 1.165) is 16.9 Å². The van der Waals surface area contributed by atoms with Gasteiger partial charge in [-0.05, 0) is 34.9 Å². The van der Waals surface area contributed by atoms with Gasteiger partial charge in [-0.25, -0.2) is 4.99 Å². The molecule has 1 heterocycles. The Labute approximate surface area is 212 Å². The van der Waals surface area contributed by atoms with E-state index in [1.54, 1.807) is 32.3 Å². The highest BCUT2D eigenvalue weighted by Crippen LogP contribution is 2.12. The summed E-state index contributed by atoms with van der Waals surface area (Å²) in [7, 11) is 5.11. The van der Waals surface area contributed by atoms with Crippen LogP contribution in [-0.2, 0) is 24.4 Å². The molecular formula is C24H31IN6O2. The van der Waals surface area contributed by atoms with E-state index in [1.807, 2.05) is 53.3 Å². The van der Waals surface area contributed by atoms with Crippen LogP contribution in [-0.4, -0.2) is 54.3 Å². The van der Waals surface area contributed by atoms with Gasteiger partial charge in [-0.2, -0.15) is 5.10 Å². The van der Waals surface area contributed by atoms with Crippen LogP contribution in [0, 0.1) is 0 Å². The Morgan fingerprint density at radius 2 is 1.79 bits per heavy atom. The highest BCUT2D eigenvalue weighted by molar-refractivity contribution is 14.0. The van der Waals surface area contributed by atoms with Crippen molar-refractivity contribution in [3.05, 3.63) is 83.7 Å². The topological polar surface area (TPSA) is 83.8 Å². The molecule has 0 bridgehead atoms. The number of nitrogens with one attached hydrogen (secondary N) is 2. The van der Waals surface area contributed by atoms with Crippen LogP contribution in [0.25, 0.3) is 0 Å². The van der Waals surface area contributed by atoms with Crippen molar-refractivity contribution >= 4 is 35.8 Å². The lowest BCUT2D eigenvalue weighted by Crippen LogP contribution is -2.42. The molecule has 176 valence electrons. The largest absolute Gasteiger partial charge is 0.497 e. The summed E-state index contributed by atoms with van der Waals surface area (Å²) < 4.78 is 7.10. The quantitative estimate of drug-likeness (QED) is 0.238. The Kier molecular flexibility index (Phi) is 10.7. The van der Waals surface area contributed by atoms with E-state index in [0.29, 0.717) is 25.6 Å². The third-order valence-corrected chi connectivity index (χ3v) is 4.94. The van der Waals surface area contributed by atoms with Gasteiger partial charge in [0.2, 0.25) is 5.91 Å². The lowest BCUT2D eigenvalue weighted by atomic mass is 10.1. The fraction of sp³-hybridized carbons (Fsp3) is 0.292. The molecule has 3 rings (SSSR count). The molecule has 0 saturated carbocycles. The van der Waals surface area contributed by atoms with E-state index in [9.17, 15) is 4.79 Å². The van der Waals surface area contributed by atoms with Crippen molar-refractivity contribution in [1.29, 1.82) is 0 Å². The highest BCUT2D eigenvalue weighted by Gasteiger charge is 2.08. The van der Waals surface area contributed by atoms with Gasteiger partial charge in [0, 0.05) is 33.0 Å². The van der Waals surface area contributed by atoms with Gasteiger partial charge in [0.05, 0.1) is 26.7 Å². The van der Waals surface area contributed by atoms with E-state index in [-0.39, 0.29) is 36.4 Å². The predicted molar refractivity (Wildman–Crippen MR) is 141 cm³/mol. The Balaban J connectivity index is 0.00000385. The first-order valence-electron chi connectivity index (χ1n) is 10.4. The molecule has 3 aromatic rings. The first-order chi connectivity index (χ1) is 15.5. The number of hydrogen-bond acceptors (Lipinski definition) is 4. The molecule has 0 unspecified atom stereocenters. The normalized spacial score (nSPS) is 10.8. The van der Waals surface area contributed by atoms with Crippen LogP contribution in [0.2, 0.25) is 0 Å². The van der Waals surface area contributed by atoms with E-state index >= 15 is 0 Å². The molecule has 2 N–H and O–H groups in total. The molecule has 0 aliphatic rings. The summed E-state index contributed by atoms with van der Waals surface area (Å²) in [5.41, 5.74) is 3.35. The van der Waals surface area contributed by atoms with Gasteiger partial charge < -0.3 is 20.3 Å². The maximum Gasteiger partial charge on any atom is 0.241 e. The zero-order chi connectivity index (χ0) is 22.8. The Bertz CT molecular complexity index is 1020. The van der Waals surface area contributed by atoms with Crippen LogP contribution in [0.4, 0.5) is 0 Å². The van der Waals surface area contributed by atoms with Crippen molar-refractivity contribution < 1.29 is 9.53 Å². The first-order valence-corrected chi connectivity index (χ1v) is 10.4. The van der Waals surface area contributed by atoms with E-state index in [1.165, 1.54) is 5.56 Å². The van der Waals surface area contributed by atoms with Crippen molar-refractivity contribution in [1.82, 2.24) is 25.3 Å². The number of halogens is 1. The molecule has 0 spiro atoms. The molecule has 8 nitrogen and oxygen atoms in total. The number of rotatable bonds is 9. The number of hydrogen-bond donors (Lipinski definition) is 2. The number of carbonyl (C=O) groups excluding carboxylic acids is 1. The smallest absolute Gasteiger partial charge is 0.241 e. The summed E-state index contributed by atoms with van der Waals surface area (Å²) in [5, 5.41) is 10.8. The van der Waals surface area contributed by atoms with E-state index < -0.39 is 0 Å². The standard InChI is InChI=1S/C24H30N6O2.HI/c1-29(2)23(31)17-27-24(25-15-19-9-11-22(32-3)12-10-19)26-16-20-7-4-5-8-21(20)18-30-14-6-13-28-30;/h4-14H,15-18H2,1-3H3,(H2,25,26,27);1H. The van der Waals surface area contributed by atoms with Crippen LogP contribution < -0.4 is 15.4 Å². The number of amides is 1. The summed E-state index contributed by atoms with van der Waals surface area (Å²) >= 11 is 0. The fourth-order valence-electron chi connectivity index (χ4n) is 3.02. The molecule has 0 fully saturated rings. The lowest BCUT2D eigenvalue weighted by Gasteiger charge is -2.16. The molecule has 2 aromatic carbocycles. The minimum absolute atomic E-state index is 0. The zero-order valence-corrected chi connectivity index (χ0v) is 21.5. The second kappa shape index (κ2) is 13.5. The zero-order valence-electron chi connectivity index (χ0n) is 19.2. The predicted octanol–water partition coefficient (Wildman–Crippen LogP) is 2.88. The highest BCUT2D eigenvalue weighted by atomic mass is 127. The molecule has 1 amide bonds. The van der Waals surface area contributed by atoms with Crippen LogP contribution in [0.3, 0.4) is 0 Å². The van der Waals surface area contributed by atoms with Gasteiger partial charge in [0.25, 0.3) is 0 Å². The Hall–Kier alpha value is -3.08. The number of aromatic nitrogens is 2. The minimum Gasteiger partial charge on any atom is -0.497 e. The molecule has 0 saturated heterocycles. The summed E-state index contributed by atoms with van der Waals surface area (Å²) in [6.07, 6.45) is 3.72. The maximum absolute atomic E-state index is 12.1. The van der Waals surface area contributed by atoms with Crippen molar-refractivity contribution in [2.45, 2.75) is 19.6 Å². The number of benzene rings is 2. The second-order valence-corrected chi connectivity index (χ2v) is 7.48. The summed E-state index contributed by atoms with van der Waals surface area (Å²) in [5.74, 6) is 1.35. The molecule has 0 atom stereocenters. The van der Waals surface area contributed by atoms with Gasteiger partial charge in [0.1, 0.15) is 5.75 Å².